The molecular weight excluding hydrogens is 272 g/mol. The van der Waals surface area contributed by atoms with Gasteiger partial charge in [0.05, 0.1) is 13.0 Å². The van der Waals surface area contributed by atoms with E-state index in [1.54, 1.807) is 29.2 Å². The summed E-state index contributed by atoms with van der Waals surface area (Å²) in [6.07, 6.45) is 0. The van der Waals surface area contributed by atoms with Crippen LogP contribution in [0.15, 0.2) is 24.3 Å². The molecule has 0 spiro atoms. The number of esters is 1. The molecule has 6 nitrogen and oxygen atoms in total. The van der Waals surface area contributed by atoms with E-state index in [1.165, 1.54) is 7.11 Å². The normalized spacial score (nSPS) is 21.1. The standard InChI is InChI=1S/C15H20N2O4/c1-10-7-17(8-13(10)15(19)20-2)14(18)9-21-12-5-3-11(16)4-6-12/h3-6,10,13H,7-9,16H2,1-2H3. The van der Waals surface area contributed by atoms with Crippen molar-refractivity contribution in [2.45, 2.75) is 6.92 Å². The minimum atomic E-state index is -0.266. The maximum absolute atomic E-state index is 12.1. The molecule has 1 fully saturated rings. The van der Waals surface area contributed by atoms with Gasteiger partial charge in [0.2, 0.25) is 0 Å². The van der Waals surface area contributed by atoms with Gasteiger partial charge in [-0.05, 0) is 30.2 Å². The summed E-state index contributed by atoms with van der Waals surface area (Å²) in [6, 6.07) is 6.86. The molecule has 1 aliphatic rings. The predicted molar refractivity (Wildman–Crippen MR) is 77.6 cm³/mol. The Labute approximate surface area is 123 Å². The quantitative estimate of drug-likeness (QED) is 0.659. The van der Waals surface area contributed by atoms with Crippen molar-refractivity contribution in [1.29, 1.82) is 0 Å². The van der Waals surface area contributed by atoms with Crippen LogP contribution < -0.4 is 10.5 Å². The summed E-state index contributed by atoms with van der Waals surface area (Å²) in [6.45, 7) is 2.82. The van der Waals surface area contributed by atoms with Gasteiger partial charge in [0.25, 0.3) is 5.91 Å². The second kappa shape index (κ2) is 6.47. The summed E-state index contributed by atoms with van der Waals surface area (Å²) in [5, 5.41) is 0. The van der Waals surface area contributed by atoms with Crippen molar-refractivity contribution >= 4 is 17.6 Å². The largest absolute Gasteiger partial charge is 0.484 e. The van der Waals surface area contributed by atoms with Gasteiger partial charge in [-0.25, -0.2) is 0 Å². The molecule has 0 bridgehead atoms. The maximum Gasteiger partial charge on any atom is 0.310 e. The van der Waals surface area contributed by atoms with Gasteiger partial charge in [-0.15, -0.1) is 0 Å². The number of likely N-dealkylation sites (tertiary alicyclic amines) is 1. The number of nitrogen functional groups attached to an aromatic ring is 1. The molecule has 1 aromatic rings. The highest BCUT2D eigenvalue weighted by atomic mass is 16.5. The van der Waals surface area contributed by atoms with Gasteiger partial charge in [-0.2, -0.15) is 0 Å². The van der Waals surface area contributed by atoms with Crippen LogP contribution in [0.3, 0.4) is 0 Å². The van der Waals surface area contributed by atoms with Gasteiger partial charge in [0, 0.05) is 18.8 Å². The summed E-state index contributed by atoms with van der Waals surface area (Å²) < 4.78 is 10.2. The van der Waals surface area contributed by atoms with Crippen molar-refractivity contribution in [2.75, 3.05) is 32.5 Å². The van der Waals surface area contributed by atoms with Crippen molar-refractivity contribution in [2.24, 2.45) is 11.8 Å². The zero-order valence-electron chi connectivity index (χ0n) is 12.2. The first kappa shape index (κ1) is 15.2. The number of anilines is 1. The second-order valence-electron chi connectivity index (χ2n) is 5.26. The van der Waals surface area contributed by atoms with Gasteiger partial charge in [-0.3, -0.25) is 9.59 Å². The predicted octanol–water partition coefficient (Wildman–Crippen LogP) is 0.915. The van der Waals surface area contributed by atoms with Crippen LogP contribution in [0.5, 0.6) is 5.75 Å². The lowest BCUT2D eigenvalue weighted by Gasteiger charge is -2.16. The van der Waals surface area contributed by atoms with Crippen molar-refractivity contribution in [3.8, 4) is 5.75 Å². The third kappa shape index (κ3) is 3.65. The van der Waals surface area contributed by atoms with E-state index in [2.05, 4.69) is 0 Å². The lowest BCUT2D eigenvalue weighted by atomic mass is 9.99. The van der Waals surface area contributed by atoms with E-state index in [4.69, 9.17) is 15.2 Å². The molecule has 1 amide bonds. The SMILES string of the molecule is COC(=O)C1CN(C(=O)COc2ccc(N)cc2)CC1C. The van der Waals surface area contributed by atoms with Crippen LogP contribution in [0, 0.1) is 11.8 Å². The summed E-state index contributed by atoms with van der Waals surface area (Å²) in [5.41, 5.74) is 6.22. The van der Waals surface area contributed by atoms with Crippen molar-refractivity contribution in [3.05, 3.63) is 24.3 Å². The number of ether oxygens (including phenoxy) is 2. The fraction of sp³-hybridized carbons (Fsp3) is 0.467. The number of carbonyl (C=O) groups excluding carboxylic acids is 2. The van der Waals surface area contributed by atoms with Crippen molar-refractivity contribution < 1.29 is 19.1 Å². The fourth-order valence-corrected chi connectivity index (χ4v) is 2.43. The Kier molecular flexibility index (Phi) is 4.67. The maximum atomic E-state index is 12.1. The molecule has 2 rings (SSSR count). The van der Waals surface area contributed by atoms with E-state index >= 15 is 0 Å². The minimum absolute atomic E-state index is 0.0511. The Morgan fingerprint density at radius 1 is 1.29 bits per heavy atom. The number of amides is 1. The molecule has 6 heteroatoms. The van der Waals surface area contributed by atoms with Crippen LogP contribution in [0.1, 0.15) is 6.92 Å². The summed E-state index contributed by atoms with van der Waals surface area (Å²) in [4.78, 5) is 25.4. The zero-order chi connectivity index (χ0) is 15.4. The molecule has 1 aliphatic heterocycles. The second-order valence-corrected chi connectivity index (χ2v) is 5.26. The first-order valence-corrected chi connectivity index (χ1v) is 6.85. The highest BCUT2D eigenvalue weighted by Gasteiger charge is 2.37. The average Bonchev–Trinajstić information content (AvgIpc) is 2.87. The number of nitrogens with zero attached hydrogens (tertiary/aromatic N) is 1. The van der Waals surface area contributed by atoms with Crippen LogP contribution in [0.4, 0.5) is 5.69 Å². The summed E-state index contributed by atoms with van der Waals surface area (Å²) in [7, 11) is 1.36. The fourth-order valence-electron chi connectivity index (χ4n) is 2.43. The van der Waals surface area contributed by atoms with E-state index in [9.17, 15) is 9.59 Å². The zero-order valence-corrected chi connectivity index (χ0v) is 12.2. The topological polar surface area (TPSA) is 81.9 Å². The van der Waals surface area contributed by atoms with Gasteiger partial charge in [0.15, 0.2) is 6.61 Å². The summed E-state index contributed by atoms with van der Waals surface area (Å²) in [5.74, 6) is 0.0324. The first-order chi connectivity index (χ1) is 10.0. The number of carbonyl (C=O) groups is 2. The van der Waals surface area contributed by atoms with Gasteiger partial charge in [0.1, 0.15) is 5.75 Å². The van der Waals surface area contributed by atoms with E-state index in [0.717, 1.165) is 0 Å². The highest BCUT2D eigenvalue weighted by Crippen LogP contribution is 2.24. The molecule has 114 valence electrons. The Morgan fingerprint density at radius 3 is 2.57 bits per heavy atom. The van der Waals surface area contributed by atoms with E-state index < -0.39 is 0 Å². The molecule has 0 aromatic heterocycles. The Bertz CT molecular complexity index is 515. The number of hydrogen-bond acceptors (Lipinski definition) is 5. The average molecular weight is 292 g/mol. The monoisotopic (exact) mass is 292 g/mol. The molecule has 1 aromatic carbocycles. The van der Waals surface area contributed by atoms with Crippen LogP contribution in [0.25, 0.3) is 0 Å². The molecule has 1 saturated heterocycles. The number of rotatable bonds is 4. The van der Waals surface area contributed by atoms with Crippen LogP contribution in [-0.4, -0.2) is 43.6 Å². The molecule has 2 atom stereocenters. The molecule has 0 radical (unpaired) electrons. The smallest absolute Gasteiger partial charge is 0.310 e. The van der Waals surface area contributed by atoms with Gasteiger partial charge >= 0.3 is 5.97 Å². The molecular formula is C15H20N2O4. The molecule has 0 saturated carbocycles. The Morgan fingerprint density at radius 2 is 1.95 bits per heavy atom. The summed E-state index contributed by atoms with van der Waals surface area (Å²) >= 11 is 0. The van der Waals surface area contributed by atoms with Crippen molar-refractivity contribution in [1.82, 2.24) is 4.90 Å². The van der Waals surface area contributed by atoms with E-state index in [1.807, 2.05) is 6.92 Å². The Hall–Kier alpha value is -2.24. The molecule has 0 aliphatic carbocycles. The van der Waals surface area contributed by atoms with Crippen LogP contribution >= 0.6 is 0 Å². The highest BCUT2D eigenvalue weighted by molar-refractivity contribution is 5.80. The number of hydrogen-bond donors (Lipinski definition) is 1. The Balaban J connectivity index is 1.87. The molecule has 21 heavy (non-hydrogen) atoms. The molecule has 2 unspecified atom stereocenters. The minimum Gasteiger partial charge on any atom is -0.484 e. The van der Waals surface area contributed by atoms with E-state index in [0.29, 0.717) is 24.5 Å². The van der Waals surface area contributed by atoms with Gasteiger partial charge in [-0.1, -0.05) is 6.92 Å². The van der Waals surface area contributed by atoms with Crippen LogP contribution in [-0.2, 0) is 14.3 Å². The number of benzene rings is 1. The third-order valence-corrected chi connectivity index (χ3v) is 3.71. The third-order valence-electron chi connectivity index (χ3n) is 3.71. The van der Waals surface area contributed by atoms with Crippen LogP contribution in [0.2, 0.25) is 0 Å². The lowest BCUT2D eigenvalue weighted by Crippen LogP contribution is -2.34. The van der Waals surface area contributed by atoms with Crippen molar-refractivity contribution in [3.63, 3.8) is 0 Å². The number of nitrogens with two attached hydrogens (primary N) is 1. The van der Waals surface area contributed by atoms with E-state index in [-0.39, 0.29) is 30.3 Å². The molecule has 1 heterocycles. The van der Waals surface area contributed by atoms with Gasteiger partial charge < -0.3 is 20.1 Å². The first-order valence-electron chi connectivity index (χ1n) is 6.85. The lowest BCUT2D eigenvalue weighted by molar-refractivity contribution is -0.146. The molecule has 2 N–H and O–H groups in total. The number of methoxy groups -OCH3 is 1.